The normalized spacial score (nSPS) is 18.0. The lowest BCUT2D eigenvalue weighted by Gasteiger charge is -2.37. The number of anilines is 1. The Balaban J connectivity index is 1.54. The van der Waals surface area contributed by atoms with E-state index in [0.29, 0.717) is 47.6 Å². The average molecular weight is 497 g/mol. The Labute approximate surface area is 203 Å². The fourth-order valence-corrected chi connectivity index (χ4v) is 6.42. The van der Waals surface area contributed by atoms with E-state index in [-0.39, 0.29) is 11.8 Å². The SMILES string of the molecule is CC1(C)c2cc(N3CCC(NS(C)(=O)=O)CC3)c(Cl)cc2C(=O)c2c1[nH]c1cc(C#N)ccc21. The minimum absolute atomic E-state index is 0.0789. The van der Waals surface area contributed by atoms with Gasteiger partial charge in [0.05, 0.1) is 34.2 Å². The molecule has 2 aromatic carbocycles. The number of aromatic amines is 1. The monoisotopic (exact) mass is 496 g/mol. The molecule has 1 aromatic heterocycles. The Hall–Kier alpha value is -2.86. The van der Waals surface area contributed by atoms with Crippen molar-refractivity contribution in [3.05, 3.63) is 63.3 Å². The first-order valence-corrected chi connectivity index (χ1v) is 13.4. The van der Waals surface area contributed by atoms with Crippen molar-refractivity contribution in [2.24, 2.45) is 0 Å². The Kier molecular flexibility index (Phi) is 5.28. The van der Waals surface area contributed by atoms with Gasteiger partial charge in [-0.2, -0.15) is 5.26 Å². The van der Waals surface area contributed by atoms with Gasteiger partial charge in [0, 0.05) is 46.7 Å². The van der Waals surface area contributed by atoms with E-state index >= 15 is 0 Å². The third-order valence-corrected chi connectivity index (χ3v) is 8.07. The molecule has 176 valence electrons. The van der Waals surface area contributed by atoms with Gasteiger partial charge in [0.25, 0.3) is 0 Å². The zero-order valence-corrected chi connectivity index (χ0v) is 20.8. The van der Waals surface area contributed by atoms with Crippen LogP contribution in [0, 0.1) is 11.3 Å². The molecule has 1 fully saturated rings. The summed E-state index contributed by atoms with van der Waals surface area (Å²) in [4.78, 5) is 19.2. The largest absolute Gasteiger partial charge is 0.370 e. The van der Waals surface area contributed by atoms with Crippen molar-refractivity contribution < 1.29 is 13.2 Å². The summed E-state index contributed by atoms with van der Waals surface area (Å²) in [5, 5.41) is 10.6. The number of sulfonamides is 1. The first kappa shape index (κ1) is 22.9. The highest BCUT2D eigenvalue weighted by Gasteiger charge is 2.40. The molecule has 2 heterocycles. The molecule has 1 saturated heterocycles. The van der Waals surface area contributed by atoms with Crippen LogP contribution in [0.5, 0.6) is 0 Å². The summed E-state index contributed by atoms with van der Waals surface area (Å²) in [6, 6.07) is 11.2. The number of carbonyl (C=O) groups is 1. The number of hydrogen-bond acceptors (Lipinski definition) is 5. The summed E-state index contributed by atoms with van der Waals surface area (Å²) in [6.07, 6.45) is 2.53. The van der Waals surface area contributed by atoms with Gasteiger partial charge in [0.2, 0.25) is 10.0 Å². The Bertz CT molecular complexity index is 1490. The van der Waals surface area contributed by atoms with Gasteiger partial charge in [0.1, 0.15) is 0 Å². The van der Waals surface area contributed by atoms with Crippen LogP contribution in [0.2, 0.25) is 5.02 Å². The molecule has 1 aliphatic carbocycles. The van der Waals surface area contributed by atoms with E-state index in [0.717, 1.165) is 27.8 Å². The van der Waals surface area contributed by atoms with Gasteiger partial charge in [-0.25, -0.2) is 13.1 Å². The summed E-state index contributed by atoms with van der Waals surface area (Å²) in [7, 11) is -3.25. The highest BCUT2D eigenvalue weighted by molar-refractivity contribution is 7.88. The van der Waals surface area contributed by atoms with Gasteiger partial charge in [-0.05, 0) is 42.7 Å². The Morgan fingerprint density at radius 1 is 1.21 bits per heavy atom. The van der Waals surface area contributed by atoms with Crippen LogP contribution in [0.25, 0.3) is 10.9 Å². The number of benzene rings is 2. The summed E-state index contributed by atoms with van der Waals surface area (Å²) >= 11 is 6.71. The van der Waals surface area contributed by atoms with Crippen molar-refractivity contribution >= 4 is 44.0 Å². The fraction of sp³-hybridized carbons (Fsp3) is 0.360. The third-order valence-electron chi connectivity index (χ3n) is 7.00. The maximum Gasteiger partial charge on any atom is 0.208 e. The molecule has 5 rings (SSSR count). The van der Waals surface area contributed by atoms with Crippen molar-refractivity contribution in [1.82, 2.24) is 9.71 Å². The van der Waals surface area contributed by atoms with Gasteiger partial charge in [0.15, 0.2) is 5.78 Å². The van der Waals surface area contributed by atoms with Crippen LogP contribution in [0.15, 0.2) is 30.3 Å². The van der Waals surface area contributed by atoms with Crippen molar-refractivity contribution in [2.75, 3.05) is 24.2 Å². The number of nitrogens with one attached hydrogen (secondary N) is 2. The minimum Gasteiger partial charge on any atom is -0.370 e. The van der Waals surface area contributed by atoms with Gasteiger partial charge >= 0.3 is 0 Å². The quantitative estimate of drug-likeness (QED) is 0.568. The molecule has 2 N–H and O–H groups in total. The van der Waals surface area contributed by atoms with Crippen LogP contribution in [-0.4, -0.2) is 44.6 Å². The van der Waals surface area contributed by atoms with Crippen molar-refractivity contribution in [3.63, 3.8) is 0 Å². The number of halogens is 1. The Morgan fingerprint density at radius 2 is 1.91 bits per heavy atom. The number of ketones is 1. The molecule has 0 saturated carbocycles. The highest BCUT2D eigenvalue weighted by atomic mass is 35.5. The van der Waals surface area contributed by atoms with Crippen molar-refractivity contribution in [1.29, 1.82) is 5.26 Å². The molecule has 0 radical (unpaired) electrons. The summed E-state index contributed by atoms with van der Waals surface area (Å²) < 4.78 is 25.8. The second-order valence-corrected chi connectivity index (χ2v) is 11.9. The van der Waals surface area contributed by atoms with Gasteiger partial charge in [-0.15, -0.1) is 0 Å². The molecule has 0 atom stereocenters. The third kappa shape index (κ3) is 3.68. The molecular weight excluding hydrogens is 472 g/mol. The number of fused-ring (bicyclic) bond motifs is 4. The average Bonchev–Trinajstić information content (AvgIpc) is 3.17. The molecule has 34 heavy (non-hydrogen) atoms. The predicted molar refractivity (Wildman–Crippen MR) is 133 cm³/mol. The van der Waals surface area contributed by atoms with E-state index in [1.807, 2.05) is 12.1 Å². The standard InChI is InChI=1S/C25H25ClN4O3S/c1-25(2)18-12-21(30-8-6-15(7-9-30)29-34(3,32)33)19(26)11-17(18)23(31)22-16-5-4-14(13-27)10-20(16)28-24(22)25/h4-5,10-12,15,28-29H,6-9H2,1-3H3. The molecule has 0 amide bonds. The predicted octanol–water partition coefficient (Wildman–Crippen LogP) is 4.08. The smallest absolute Gasteiger partial charge is 0.208 e. The minimum atomic E-state index is -3.25. The van der Waals surface area contributed by atoms with Crippen molar-refractivity contribution in [2.45, 2.75) is 38.1 Å². The van der Waals surface area contributed by atoms with E-state index in [2.05, 4.69) is 34.5 Å². The van der Waals surface area contributed by atoms with Crippen LogP contribution >= 0.6 is 11.6 Å². The summed E-state index contributed by atoms with van der Waals surface area (Å²) in [5.41, 5.74) is 4.62. The number of rotatable bonds is 3. The maximum atomic E-state index is 13.6. The van der Waals surface area contributed by atoms with E-state index in [1.165, 1.54) is 6.26 Å². The lowest BCUT2D eigenvalue weighted by atomic mass is 9.71. The van der Waals surface area contributed by atoms with Gasteiger partial charge < -0.3 is 9.88 Å². The van der Waals surface area contributed by atoms with Crippen LogP contribution in [0.3, 0.4) is 0 Å². The van der Waals surface area contributed by atoms with Crippen LogP contribution < -0.4 is 9.62 Å². The molecule has 0 bridgehead atoms. The number of nitrogens with zero attached hydrogens (tertiary/aromatic N) is 2. The second-order valence-electron chi connectivity index (χ2n) is 9.70. The summed E-state index contributed by atoms with van der Waals surface area (Å²) in [5.74, 6) is -0.0789. The number of carbonyl (C=O) groups excluding carboxylic acids is 1. The first-order valence-electron chi connectivity index (χ1n) is 11.2. The number of H-pyrrole nitrogens is 1. The van der Waals surface area contributed by atoms with E-state index in [9.17, 15) is 18.5 Å². The molecule has 0 unspecified atom stereocenters. The zero-order chi connectivity index (χ0) is 24.4. The molecule has 1 aliphatic heterocycles. The zero-order valence-electron chi connectivity index (χ0n) is 19.2. The number of nitriles is 1. The fourth-order valence-electron chi connectivity index (χ4n) is 5.29. The molecular formula is C25H25ClN4O3S. The number of piperidine rings is 1. The van der Waals surface area contributed by atoms with Gasteiger partial charge in [-0.3, -0.25) is 4.79 Å². The molecule has 0 spiro atoms. The number of hydrogen-bond donors (Lipinski definition) is 2. The van der Waals surface area contributed by atoms with Crippen LogP contribution in [0.1, 0.15) is 59.4 Å². The van der Waals surface area contributed by atoms with E-state index < -0.39 is 15.4 Å². The molecule has 9 heteroatoms. The Morgan fingerprint density at radius 3 is 2.56 bits per heavy atom. The maximum absolute atomic E-state index is 13.6. The van der Waals surface area contributed by atoms with E-state index in [1.54, 1.807) is 18.2 Å². The lowest BCUT2D eigenvalue weighted by molar-refractivity contribution is 0.103. The molecule has 2 aliphatic rings. The topological polar surface area (TPSA) is 106 Å². The van der Waals surface area contributed by atoms with Crippen LogP contribution in [0.4, 0.5) is 5.69 Å². The highest BCUT2D eigenvalue weighted by Crippen LogP contribution is 2.46. The number of aromatic nitrogens is 1. The van der Waals surface area contributed by atoms with E-state index in [4.69, 9.17) is 11.6 Å². The molecule has 3 aromatic rings. The van der Waals surface area contributed by atoms with Crippen LogP contribution in [-0.2, 0) is 15.4 Å². The first-order chi connectivity index (χ1) is 16.0. The second kappa shape index (κ2) is 7.84. The lowest BCUT2D eigenvalue weighted by Crippen LogP contribution is -2.44. The summed E-state index contributed by atoms with van der Waals surface area (Å²) in [6.45, 7) is 5.48. The van der Waals surface area contributed by atoms with Gasteiger partial charge in [-0.1, -0.05) is 31.5 Å². The van der Waals surface area contributed by atoms with Crippen molar-refractivity contribution in [3.8, 4) is 6.07 Å². The molecule has 7 nitrogen and oxygen atoms in total.